The normalized spacial score (nSPS) is 17.5. The van der Waals surface area contributed by atoms with Crippen LogP contribution in [0.25, 0.3) is 0 Å². The third-order valence-electron chi connectivity index (χ3n) is 1.79. The fourth-order valence-electron chi connectivity index (χ4n) is 0.948. The second-order valence-corrected chi connectivity index (χ2v) is 3.05. The van der Waals surface area contributed by atoms with Gasteiger partial charge in [-0.2, -0.15) is 0 Å². The lowest BCUT2D eigenvalue weighted by atomic mass is 10.2. The molecule has 0 radical (unpaired) electrons. The number of allylic oxidation sites excluding steroid dienone is 2. The molecule has 2 heteroatoms. The predicted octanol–water partition coefficient (Wildman–Crippen LogP) is 2.21. The molecule has 1 aliphatic carbocycles. The van der Waals surface area contributed by atoms with Crippen molar-refractivity contribution in [2.45, 2.75) is 32.1 Å². The molecule has 1 N–H and O–H groups in total. The quantitative estimate of drug-likeness (QED) is 0.487. The average molecular weight is 154 g/mol. The van der Waals surface area contributed by atoms with Crippen molar-refractivity contribution in [2.75, 3.05) is 0 Å². The summed E-state index contributed by atoms with van der Waals surface area (Å²) >= 11 is 0. The maximum Gasteiger partial charge on any atom is 0.303 e. The van der Waals surface area contributed by atoms with Gasteiger partial charge in [0.15, 0.2) is 0 Å². The predicted molar refractivity (Wildman–Crippen MR) is 43.4 cm³/mol. The van der Waals surface area contributed by atoms with Crippen LogP contribution in [0.1, 0.15) is 32.1 Å². The SMILES string of the molecule is O=C(O)CCCC=CC1CC1. The minimum atomic E-state index is -0.690. The summed E-state index contributed by atoms with van der Waals surface area (Å²) in [5.74, 6) is 0.129. The van der Waals surface area contributed by atoms with Crippen LogP contribution in [0, 0.1) is 5.92 Å². The number of rotatable bonds is 5. The van der Waals surface area contributed by atoms with Crippen molar-refractivity contribution < 1.29 is 9.90 Å². The highest BCUT2D eigenvalue weighted by atomic mass is 16.4. The zero-order valence-electron chi connectivity index (χ0n) is 6.62. The average Bonchev–Trinajstić information content (AvgIpc) is 2.70. The second-order valence-electron chi connectivity index (χ2n) is 3.05. The zero-order valence-corrected chi connectivity index (χ0v) is 6.62. The van der Waals surface area contributed by atoms with Gasteiger partial charge in [0, 0.05) is 6.42 Å². The molecular formula is C9H14O2. The molecular weight excluding hydrogens is 140 g/mol. The zero-order chi connectivity index (χ0) is 8.10. The number of carbonyl (C=O) groups is 1. The maximum atomic E-state index is 10.1. The number of aliphatic carboxylic acids is 1. The standard InChI is InChI=1S/C9H14O2/c10-9(11)5-3-1-2-4-8-6-7-8/h2,4,8H,1,3,5-7H2,(H,10,11). The molecule has 0 unspecified atom stereocenters. The van der Waals surface area contributed by atoms with Gasteiger partial charge in [-0.1, -0.05) is 12.2 Å². The topological polar surface area (TPSA) is 37.3 Å². The molecule has 0 atom stereocenters. The van der Waals surface area contributed by atoms with Crippen LogP contribution in [-0.4, -0.2) is 11.1 Å². The third kappa shape index (κ3) is 4.59. The second kappa shape index (κ2) is 4.16. The summed E-state index contributed by atoms with van der Waals surface area (Å²) in [5.41, 5.74) is 0. The summed E-state index contributed by atoms with van der Waals surface area (Å²) in [7, 11) is 0. The van der Waals surface area contributed by atoms with E-state index in [1.54, 1.807) is 0 Å². The summed E-state index contributed by atoms with van der Waals surface area (Å²) in [6.45, 7) is 0. The van der Waals surface area contributed by atoms with Crippen LogP contribution < -0.4 is 0 Å². The fourth-order valence-corrected chi connectivity index (χ4v) is 0.948. The highest BCUT2D eigenvalue weighted by Gasteiger charge is 2.16. The van der Waals surface area contributed by atoms with Crippen LogP contribution in [0.15, 0.2) is 12.2 Å². The van der Waals surface area contributed by atoms with E-state index in [1.807, 2.05) is 0 Å². The molecule has 0 amide bonds. The molecule has 0 aromatic heterocycles. The number of hydrogen-bond donors (Lipinski definition) is 1. The van der Waals surface area contributed by atoms with Crippen LogP contribution in [0.4, 0.5) is 0 Å². The van der Waals surface area contributed by atoms with Gasteiger partial charge < -0.3 is 5.11 Å². The van der Waals surface area contributed by atoms with Gasteiger partial charge >= 0.3 is 5.97 Å². The molecule has 0 saturated heterocycles. The third-order valence-corrected chi connectivity index (χ3v) is 1.79. The van der Waals surface area contributed by atoms with E-state index in [9.17, 15) is 4.79 Å². The van der Waals surface area contributed by atoms with Gasteiger partial charge in [0.2, 0.25) is 0 Å². The Hall–Kier alpha value is -0.790. The summed E-state index contributed by atoms with van der Waals surface area (Å²) < 4.78 is 0. The van der Waals surface area contributed by atoms with Crippen molar-refractivity contribution in [2.24, 2.45) is 5.92 Å². The lowest BCUT2D eigenvalue weighted by molar-refractivity contribution is -0.137. The Morgan fingerprint density at radius 2 is 2.27 bits per heavy atom. The molecule has 11 heavy (non-hydrogen) atoms. The summed E-state index contributed by atoms with van der Waals surface area (Å²) in [6, 6.07) is 0. The monoisotopic (exact) mass is 154 g/mol. The molecule has 1 aliphatic rings. The van der Waals surface area contributed by atoms with E-state index in [0.29, 0.717) is 6.42 Å². The van der Waals surface area contributed by atoms with Crippen molar-refractivity contribution in [3.8, 4) is 0 Å². The largest absolute Gasteiger partial charge is 0.481 e. The molecule has 62 valence electrons. The van der Waals surface area contributed by atoms with Crippen molar-refractivity contribution >= 4 is 5.97 Å². The molecule has 0 aromatic carbocycles. The number of hydrogen-bond acceptors (Lipinski definition) is 1. The molecule has 1 fully saturated rings. The lowest BCUT2D eigenvalue weighted by Gasteiger charge is -1.89. The first-order valence-corrected chi connectivity index (χ1v) is 4.17. The minimum Gasteiger partial charge on any atom is -0.481 e. The van der Waals surface area contributed by atoms with Gasteiger partial charge in [-0.15, -0.1) is 0 Å². The van der Waals surface area contributed by atoms with Gasteiger partial charge in [0.25, 0.3) is 0 Å². The summed E-state index contributed by atoms with van der Waals surface area (Å²) in [5, 5.41) is 8.31. The fraction of sp³-hybridized carbons (Fsp3) is 0.667. The highest BCUT2D eigenvalue weighted by molar-refractivity contribution is 5.66. The Labute approximate surface area is 66.9 Å². The first-order chi connectivity index (χ1) is 5.29. The van der Waals surface area contributed by atoms with Crippen LogP contribution in [0.3, 0.4) is 0 Å². The number of unbranched alkanes of at least 4 members (excludes halogenated alkanes) is 1. The summed E-state index contributed by atoms with van der Waals surface area (Å²) in [6.07, 6.45) is 8.98. The molecule has 0 bridgehead atoms. The lowest BCUT2D eigenvalue weighted by Crippen LogP contribution is -1.92. The van der Waals surface area contributed by atoms with Crippen molar-refractivity contribution in [3.05, 3.63) is 12.2 Å². The molecule has 0 aromatic rings. The smallest absolute Gasteiger partial charge is 0.303 e. The highest BCUT2D eigenvalue weighted by Crippen LogP contribution is 2.30. The van der Waals surface area contributed by atoms with Gasteiger partial charge in [0.05, 0.1) is 0 Å². The minimum absolute atomic E-state index is 0.301. The Kier molecular flexibility index (Phi) is 3.14. The first-order valence-electron chi connectivity index (χ1n) is 4.17. The van der Waals surface area contributed by atoms with Gasteiger partial charge in [-0.25, -0.2) is 0 Å². The maximum absolute atomic E-state index is 10.1. The molecule has 1 saturated carbocycles. The van der Waals surface area contributed by atoms with Gasteiger partial charge in [-0.3, -0.25) is 4.79 Å². The number of carboxylic acids is 1. The van der Waals surface area contributed by atoms with Crippen LogP contribution >= 0.6 is 0 Å². The summed E-state index contributed by atoms with van der Waals surface area (Å²) in [4.78, 5) is 10.1. The number of carboxylic acid groups (broad SMARTS) is 1. The molecule has 0 spiro atoms. The van der Waals surface area contributed by atoms with Crippen molar-refractivity contribution in [3.63, 3.8) is 0 Å². The Bertz CT molecular complexity index is 157. The first kappa shape index (κ1) is 8.31. The Balaban J connectivity index is 1.90. The molecule has 0 heterocycles. The molecule has 2 nitrogen and oxygen atoms in total. The van der Waals surface area contributed by atoms with Gasteiger partial charge in [0.1, 0.15) is 0 Å². The molecule has 1 rings (SSSR count). The van der Waals surface area contributed by atoms with Crippen LogP contribution in [0.5, 0.6) is 0 Å². The van der Waals surface area contributed by atoms with E-state index in [2.05, 4.69) is 12.2 Å². The van der Waals surface area contributed by atoms with E-state index in [0.717, 1.165) is 18.8 Å². The van der Waals surface area contributed by atoms with E-state index in [1.165, 1.54) is 12.8 Å². The van der Waals surface area contributed by atoms with Crippen LogP contribution in [0.2, 0.25) is 0 Å². The van der Waals surface area contributed by atoms with E-state index in [-0.39, 0.29) is 0 Å². The molecule has 0 aliphatic heterocycles. The van der Waals surface area contributed by atoms with Crippen LogP contribution in [-0.2, 0) is 4.79 Å². The van der Waals surface area contributed by atoms with E-state index < -0.39 is 5.97 Å². The van der Waals surface area contributed by atoms with Gasteiger partial charge in [-0.05, 0) is 31.6 Å². The van der Waals surface area contributed by atoms with E-state index in [4.69, 9.17) is 5.11 Å². The Morgan fingerprint density at radius 3 is 2.82 bits per heavy atom. The van der Waals surface area contributed by atoms with E-state index >= 15 is 0 Å². The van der Waals surface area contributed by atoms with Crippen molar-refractivity contribution in [1.82, 2.24) is 0 Å². The van der Waals surface area contributed by atoms with Crippen molar-refractivity contribution in [1.29, 1.82) is 0 Å². The Morgan fingerprint density at radius 1 is 1.55 bits per heavy atom.